The van der Waals surface area contributed by atoms with Crippen molar-refractivity contribution in [3.05, 3.63) is 59.2 Å². The highest BCUT2D eigenvalue weighted by Crippen LogP contribution is 2.53. The third-order valence-corrected chi connectivity index (χ3v) is 7.39. The van der Waals surface area contributed by atoms with Crippen molar-refractivity contribution in [1.29, 1.82) is 5.41 Å². The number of carbonyl (C=O) groups is 1. The fourth-order valence-corrected chi connectivity index (χ4v) is 5.40. The van der Waals surface area contributed by atoms with E-state index in [-0.39, 0.29) is 42.0 Å². The van der Waals surface area contributed by atoms with Crippen molar-refractivity contribution in [2.45, 2.75) is 32.0 Å². The van der Waals surface area contributed by atoms with Gasteiger partial charge in [-0.15, -0.1) is 0 Å². The Labute approximate surface area is 182 Å². The Hall–Kier alpha value is -3.06. The second kappa shape index (κ2) is 6.99. The minimum Gasteiger partial charge on any atom is -0.454 e. The number of benzene rings is 2. The smallest absolute Gasteiger partial charge is 0.231 e. The van der Waals surface area contributed by atoms with E-state index in [1.807, 2.05) is 47.4 Å². The van der Waals surface area contributed by atoms with E-state index in [9.17, 15) is 4.79 Å². The zero-order chi connectivity index (χ0) is 21.9. The first kappa shape index (κ1) is 19.9. The number of likely N-dealkylation sites (tertiary alicyclic amines) is 2. The molecule has 2 saturated heterocycles. The number of hydrogen-bond donors (Lipinski definition) is 2. The summed E-state index contributed by atoms with van der Waals surface area (Å²) in [4.78, 5) is 17.9. The summed E-state index contributed by atoms with van der Waals surface area (Å²) in [6.07, 6.45) is 0. The Kier molecular flexibility index (Phi) is 4.48. The molecule has 0 saturated carbocycles. The first-order valence-electron chi connectivity index (χ1n) is 10.6. The van der Waals surface area contributed by atoms with Crippen molar-refractivity contribution < 1.29 is 14.3 Å². The monoisotopic (exact) mass is 420 g/mol. The maximum absolute atomic E-state index is 13.6. The van der Waals surface area contributed by atoms with Gasteiger partial charge in [0.1, 0.15) is 5.84 Å². The van der Waals surface area contributed by atoms with Crippen LogP contribution in [0.1, 0.15) is 36.6 Å². The van der Waals surface area contributed by atoms with E-state index in [1.54, 1.807) is 0 Å². The average molecular weight is 421 g/mol. The van der Waals surface area contributed by atoms with Crippen molar-refractivity contribution in [2.24, 2.45) is 17.6 Å². The summed E-state index contributed by atoms with van der Waals surface area (Å²) < 4.78 is 10.9. The summed E-state index contributed by atoms with van der Waals surface area (Å²) >= 11 is 0. The number of amidine groups is 1. The van der Waals surface area contributed by atoms with E-state index >= 15 is 0 Å². The standard InChI is InChI=1S/C24H28N4O3/c1-24(2)17-12-28(11-14-4-9-18-19(10-14)31-13-30-18)23(29)20(17)21(27(24)3)15-5-7-16(8-6-15)22(25)26/h4-10,17,20-21H,11-13H2,1-3H3,(H3,25,26)/t17-,20+,21+/m0/s1. The maximum Gasteiger partial charge on any atom is 0.231 e. The number of nitrogen functional groups attached to an aromatic ring is 1. The highest BCUT2D eigenvalue weighted by Gasteiger charge is 2.60. The second-order valence-corrected chi connectivity index (χ2v) is 9.28. The molecule has 5 rings (SSSR count). The molecule has 3 heterocycles. The van der Waals surface area contributed by atoms with E-state index < -0.39 is 0 Å². The van der Waals surface area contributed by atoms with E-state index in [2.05, 4.69) is 25.8 Å². The number of nitrogens with one attached hydrogen (secondary N) is 1. The van der Waals surface area contributed by atoms with Gasteiger partial charge in [-0.25, -0.2) is 0 Å². The maximum atomic E-state index is 13.6. The molecular weight excluding hydrogens is 392 g/mol. The number of rotatable bonds is 4. The molecule has 3 aliphatic rings. The molecule has 1 amide bonds. The molecule has 0 spiro atoms. The predicted octanol–water partition coefficient (Wildman–Crippen LogP) is 2.74. The van der Waals surface area contributed by atoms with Crippen molar-refractivity contribution in [3.8, 4) is 11.5 Å². The fourth-order valence-electron chi connectivity index (χ4n) is 5.40. The van der Waals surface area contributed by atoms with Crippen LogP contribution < -0.4 is 15.2 Å². The highest BCUT2D eigenvalue weighted by atomic mass is 16.7. The van der Waals surface area contributed by atoms with Gasteiger partial charge >= 0.3 is 0 Å². The Morgan fingerprint density at radius 3 is 2.58 bits per heavy atom. The Morgan fingerprint density at radius 1 is 1.16 bits per heavy atom. The lowest BCUT2D eigenvalue weighted by Crippen LogP contribution is -2.43. The number of carbonyl (C=O) groups excluding carboxylic acids is 1. The number of ether oxygens (including phenoxy) is 2. The fraction of sp³-hybridized carbons (Fsp3) is 0.417. The summed E-state index contributed by atoms with van der Waals surface area (Å²) in [6, 6.07) is 13.6. The van der Waals surface area contributed by atoms with Crippen LogP contribution in [0.4, 0.5) is 0 Å². The number of nitrogens with zero attached hydrogens (tertiary/aromatic N) is 2. The van der Waals surface area contributed by atoms with Gasteiger partial charge in [-0.2, -0.15) is 0 Å². The van der Waals surface area contributed by atoms with E-state index in [1.165, 1.54) is 0 Å². The first-order chi connectivity index (χ1) is 14.8. The van der Waals surface area contributed by atoms with Crippen LogP contribution in [0.3, 0.4) is 0 Å². The van der Waals surface area contributed by atoms with Gasteiger partial charge < -0.3 is 20.1 Å². The summed E-state index contributed by atoms with van der Waals surface area (Å²) in [7, 11) is 2.11. The first-order valence-corrected chi connectivity index (χ1v) is 10.6. The van der Waals surface area contributed by atoms with Gasteiger partial charge in [0.2, 0.25) is 12.7 Å². The zero-order valence-electron chi connectivity index (χ0n) is 18.1. The third kappa shape index (κ3) is 3.07. The molecule has 2 fully saturated rings. The molecule has 162 valence electrons. The normalized spacial score (nSPS) is 26.4. The van der Waals surface area contributed by atoms with Crippen LogP contribution >= 0.6 is 0 Å². The summed E-state index contributed by atoms with van der Waals surface area (Å²) in [6.45, 7) is 6.00. The third-order valence-electron chi connectivity index (χ3n) is 7.39. The molecule has 2 aromatic rings. The lowest BCUT2D eigenvalue weighted by molar-refractivity contribution is -0.132. The van der Waals surface area contributed by atoms with Crippen LogP contribution in [0.2, 0.25) is 0 Å². The summed E-state index contributed by atoms with van der Waals surface area (Å²) in [5.41, 5.74) is 8.33. The molecule has 3 atom stereocenters. The number of fused-ring (bicyclic) bond motifs is 2. The van der Waals surface area contributed by atoms with Crippen LogP contribution in [0, 0.1) is 17.2 Å². The Balaban J connectivity index is 1.42. The molecule has 2 aromatic carbocycles. The number of hydrogen-bond acceptors (Lipinski definition) is 5. The molecule has 0 unspecified atom stereocenters. The van der Waals surface area contributed by atoms with E-state index in [4.69, 9.17) is 20.6 Å². The lowest BCUT2D eigenvalue weighted by Gasteiger charge is -2.36. The molecule has 0 radical (unpaired) electrons. The van der Waals surface area contributed by atoms with Gasteiger partial charge in [0.25, 0.3) is 0 Å². The molecule has 31 heavy (non-hydrogen) atoms. The average Bonchev–Trinajstić information content (AvgIpc) is 3.38. The summed E-state index contributed by atoms with van der Waals surface area (Å²) in [5.74, 6) is 1.88. The van der Waals surface area contributed by atoms with Crippen LogP contribution in [0.5, 0.6) is 11.5 Å². The summed E-state index contributed by atoms with van der Waals surface area (Å²) in [5, 5.41) is 7.64. The van der Waals surface area contributed by atoms with Crippen LogP contribution in [0.25, 0.3) is 0 Å². The second-order valence-electron chi connectivity index (χ2n) is 9.28. The molecule has 0 bridgehead atoms. The minimum atomic E-state index is -0.117. The van der Waals surface area contributed by atoms with E-state index in [0.717, 1.165) is 29.2 Å². The topological polar surface area (TPSA) is 91.9 Å². The molecule has 3 N–H and O–H groups in total. The zero-order valence-corrected chi connectivity index (χ0v) is 18.1. The van der Waals surface area contributed by atoms with Gasteiger partial charge in [-0.1, -0.05) is 30.3 Å². The van der Waals surface area contributed by atoms with E-state index in [0.29, 0.717) is 12.1 Å². The van der Waals surface area contributed by atoms with Crippen molar-refractivity contribution >= 4 is 11.7 Å². The van der Waals surface area contributed by atoms with Crippen molar-refractivity contribution in [1.82, 2.24) is 9.80 Å². The lowest BCUT2D eigenvalue weighted by atomic mass is 9.82. The molecule has 7 heteroatoms. The Morgan fingerprint density at radius 2 is 1.87 bits per heavy atom. The van der Waals surface area contributed by atoms with Crippen LogP contribution in [-0.2, 0) is 11.3 Å². The quantitative estimate of drug-likeness (QED) is 0.586. The SMILES string of the molecule is CN1[C@H](c2ccc(C(=N)N)cc2)[C@@H]2C(=O)N(Cc3ccc4c(c3)OCO4)C[C@@H]2C1(C)C. The molecule has 0 aliphatic carbocycles. The van der Waals surface area contributed by atoms with Crippen LogP contribution in [-0.4, -0.2) is 47.5 Å². The molecular formula is C24H28N4O3. The molecule has 0 aromatic heterocycles. The number of amides is 1. The molecule has 3 aliphatic heterocycles. The Bertz CT molecular complexity index is 1050. The van der Waals surface area contributed by atoms with Crippen molar-refractivity contribution in [2.75, 3.05) is 20.4 Å². The molecule has 7 nitrogen and oxygen atoms in total. The van der Waals surface area contributed by atoms with Gasteiger partial charge in [0.15, 0.2) is 11.5 Å². The van der Waals surface area contributed by atoms with Crippen molar-refractivity contribution in [3.63, 3.8) is 0 Å². The van der Waals surface area contributed by atoms with Gasteiger partial charge in [0, 0.05) is 36.2 Å². The van der Waals surface area contributed by atoms with Crippen LogP contribution in [0.15, 0.2) is 42.5 Å². The van der Waals surface area contributed by atoms with Gasteiger partial charge in [-0.05, 0) is 44.2 Å². The predicted molar refractivity (Wildman–Crippen MR) is 117 cm³/mol. The minimum absolute atomic E-state index is 0.00439. The largest absolute Gasteiger partial charge is 0.454 e. The van der Waals surface area contributed by atoms with Gasteiger partial charge in [0.05, 0.1) is 5.92 Å². The van der Waals surface area contributed by atoms with Gasteiger partial charge in [-0.3, -0.25) is 15.1 Å². The number of nitrogens with two attached hydrogens (primary N) is 1. The highest BCUT2D eigenvalue weighted by molar-refractivity contribution is 5.95.